The molecule has 0 radical (unpaired) electrons. The van der Waals surface area contributed by atoms with Crippen molar-refractivity contribution in [3.8, 4) is 0 Å². The first-order valence-corrected chi connectivity index (χ1v) is 7.57. The van der Waals surface area contributed by atoms with Crippen LogP contribution in [0.5, 0.6) is 0 Å². The van der Waals surface area contributed by atoms with E-state index in [2.05, 4.69) is 44.1 Å². The Morgan fingerprint density at radius 1 is 1.21 bits per heavy atom. The topological polar surface area (TPSA) is 51.8 Å². The van der Waals surface area contributed by atoms with Crippen molar-refractivity contribution in [2.24, 2.45) is 0 Å². The van der Waals surface area contributed by atoms with Crippen molar-refractivity contribution in [1.29, 1.82) is 0 Å². The third kappa shape index (κ3) is 2.77. The molecule has 0 aliphatic carbocycles. The summed E-state index contributed by atoms with van der Waals surface area (Å²) in [6.45, 7) is 0. The van der Waals surface area contributed by atoms with Crippen LogP contribution in [0.2, 0.25) is 0 Å². The maximum absolute atomic E-state index is 5.75. The Kier molecular flexibility index (Phi) is 3.48. The molecule has 0 amide bonds. The van der Waals surface area contributed by atoms with E-state index in [4.69, 9.17) is 5.73 Å². The summed E-state index contributed by atoms with van der Waals surface area (Å²) in [7, 11) is 0. The molecule has 96 valence electrons. The number of halogens is 1. The van der Waals surface area contributed by atoms with Crippen LogP contribution in [0.4, 0.5) is 5.13 Å². The maximum atomic E-state index is 5.75. The molecule has 19 heavy (non-hydrogen) atoms. The van der Waals surface area contributed by atoms with Crippen molar-refractivity contribution < 1.29 is 0 Å². The minimum atomic E-state index is 0.609. The number of nitrogen functional groups attached to an aromatic ring is 1. The molecule has 0 aliphatic rings. The molecule has 2 N–H and O–H groups in total. The Bertz CT molecular complexity index is 709. The van der Waals surface area contributed by atoms with Crippen molar-refractivity contribution in [3.63, 3.8) is 0 Å². The summed E-state index contributed by atoms with van der Waals surface area (Å²) in [5.41, 5.74) is 9.08. The van der Waals surface area contributed by atoms with Crippen LogP contribution in [0.1, 0.15) is 11.3 Å². The third-order valence-electron chi connectivity index (χ3n) is 2.92. The largest absolute Gasteiger partial charge is 0.375 e. The average Bonchev–Trinajstić information content (AvgIpc) is 2.79. The summed E-state index contributed by atoms with van der Waals surface area (Å²) < 4.78 is 2.14. The lowest BCUT2D eigenvalue weighted by Gasteiger charge is -2.03. The van der Waals surface area contributed by atoms with E-state index >= 15 is 0 Å². The van der Waals surface area contributed by atoms with Crippen molar-refractivity contribution in [1.82, 2.24) is 9.97 Å². The van der Waals surface area contributed by atoms with Crippen molar-refractivity contribution in [2.45, 2.75) is 12.8 Å². The highest BCUT2D eigenvalue weighted by Crippen LogP contribution is 2.31. The standard InChI is InChI=1S/C14H12BrN3S/c15-11-7-9(4-5-10-3-1-2-6-17-10)8-12-13(11)18-14(16)19-12/h1-3,6-8H,4-5H2,(H2,16,18). The van der Waals surface area contributed by atoms with E-state index < -0.39 is 0 Å². The molecule has 0 fully saturated rings. The predicted octanol–water partition coefficient (Wildman–Crippen LogP) is 3.82. The number of aromatic nitrogens is 2. The number of anilines is 1. The molecule has 3 aromatic rings. The van der Waals surface area contributed by atoms with E-state index in [1.807, 2.05) is 18.3 Å². The monoisotopic (exact) mass is 333 g/mol. The van der Waals surface area contributed by atoms with Gasteiger partial charge in [0.1, 0.15) is 0 Å². The Hall–Kier alpha value is -1.46. The van der Waals surface area contributed by atoms with Gasteiger partial charge in [-0.25, -0.2) is 4.98 Å². The lowest BCUT2D eigenvalue weighted by atomic mass is 10.1. The molecular weight excluding hydrogens is 322 g/mol. The molecule has 0 atom stereocenters. The van der Waals surface area contributed by atoms with E-state index in [9.17, 15) is 0 Å². The van der Waals surface area contributed by atoms with Gasteiger partial charge in [-0.15, -0.1) is 0 Å². The molecule has 0 aliphatic heterocycles. The number of pyridine rings is 1. The Labute approximate surface area is 123 Å². The zero-order chi connectivity index (χ0) is 13.2. The molecule has 0 spiro atoms. The van der Waals surface area contributed by atoms with E-state index in [1.165, 1.54) is 16.9 Å². The second kappa shape index (κ2) is 5.27. The molecule has 2 heterocycles. The number of benzene rings is 1. The number of rotatable bonds is 3. The molecule has 3 rings (SSSR count). The van der Waals surface area contributed by atoms with Crippen LogP contribution in [0.25, 0.3) is 10.2 Å². The first-order chi connectivity index (χ1) is 9.22. The second-order valence-corrected chi connectivity index (χ2v) is 6.21. The number of nitrogens with two attached hydrogens (primary N) is 1. The number of nitrogens with zero attached hydrogens (tertiary/aromatic N) is 2. The third-order valence-corrected chi connectivity index (χ3v) is 4.36. The smallest absolute Gasteiger partial charge is 0.181 e. The molecule has 0 bridgehead atoms. The van der Waals surface area contributed by atoms with Crippen molar-refractivity contribution in [2.75, 3.05) is 5.73 Å². The molecule has 1 aromatic carbocycles. The highest BCUT2D eigenvalue weighted by atomic mass is 79.9. The van der Waals surface area contributed by atoms with Crippen LogP contribution in [0.15, 0.2) is 41.0 Å². The van der Waals surface area contributed by atoms with Crippen LogP contribution in [0.3, 0.4) is 0 Å². The molecule has 0 saturated heterocycles. The predicted molar refractivity (Wildman–Crippen MR) is 83.4 cm³/mol. The van der Waals surface area contributed by atoms with Gasteiger partial charge in [0.15, 0.2) is 5.13 Å². The lowest BCUT2D eigenvalue weighted by Crippen LogP contribution is -1.93. The van der Waals surface area contributed by atoms with Gasteiger partial charge < -0.3 is 5.73 Å². The number of hydrogen-bond acceptors (Lipinski definition) is 4. The number of aryl methyl sites for hydroxylation is 2. The van der Waals surface area contributed by atoms with Gasteiger partial charge in [0.25, 0.3) is 0 Å². The number of fused-ring (bicyclic) bond motifs is 1. The van der Waals surface area contributed by atoms with Gasteiger partial charge in [0.05, 0.1) is 10.2 Å². The van der Waals surface area contributed by atoms with Crippen LogP contribution < -0.4 is 5.73 Å². The summed E-state index contributed by atoms with van der Waals surface area (Å²) in [5, 5.41) is 0.609. The van der Waals surface area contributed by atoms with Gasteiger partial charge >= 0.3 is 0 Å². The quantitative estimate of drug-likeness (QED) is 0.792. The molecule has 0 unspecified atom stereocenters. The van der Waals surface area contributed by atoms with Gasteiger partial charge in [0, 0.05) is 16.4 Å². The van der Waals surface area contributed by atoms with Gasteiger partial charge in [-0.2, -0.15) is 0 Å². The Morgan fingerprint density at radius 3 is 2.89 bits per heavy atom. The maximum Gasteiger partial charge on any atom is 0.181 e. The molecule has 5 heteroatoms. The van der Waals surface area contributed by atoms with Gasteiger partial charge in [0.2, 0.25) is 0 Å². The highest BCUT2D eigenvalue weighted by molar-refractivity contribution is 9.10. The molecule has 2 aromatic heterocycles. The van der Waals surface area contributed by atoms with E-state index in [0.717, 1.165) is 33.2 Å². The first-order valence-electron chi connectivity index (χ1n) is 5.97. The molecule has 0 saturated carbocycles. The SMILES string of the molecule is Nc1nc2c(Br)cc(CCc3ccccn3)cc2s1. The summed E-state index contributed by atoms with van der Waals surface area (Å²) in [6, 6.07) is 10.3. The van der Waals surface area contributed by atoms with Gasteiger partial charge in [-0.05, 0) is 58.6 Å². The van der Waals surface area contributed by atoms with Crippen LogP contribution in [-0.4, -0.2) is 9.97 Å². The number of hydrogen-bond donors (Lipinski definition) is 1. The Morgan fingerprint density at radius 2 is 2.11 bits per heavy atom. The van der Waals surface area contributed by atoms with Gasteiger partial charge in [-0.3, -0.25) is 4.98 Å². The highest BCUT2D eigenvalue weighted by Gasteiger charge is 2.07. The van der Waals surface area contributed by atoms with E-state index in [1.54, 1.807) is 0 Å². The molecular formula is C14H12BrN3S. The fourth-order valence-electron chi connectivity index (χ4n) is 2.02. The second-order valence-electron chi connectivity index (χ2n) is 4.30. The normalized spacial score (nSPS) is 11.0. The number of thiazole rings is 1. The van der Waals surface area contributed by atoms with E-state index in [-0.39, 0.29) is 0 Å². The summed E-state index contributed by atoms with van der Waals surface area (Å²) in [4.78, 5) is 8.65. The van der Waals surface area contributed by atoms with E-state index in [0.29, 0.717) is 5.13 Å². The zero-order valence-corrected chi connectivity index (χ0v) is 12.5. The van der Waals surface area contributed by atoms with Crippen LogP contribution in [-0.2, 0) is 12.8 Å². The van der Waals surface area contributed by atoms with Crippen molar-refractivity contribution in [3.05, 3.63) is 52.3 Å². The summed E-state index contributed by atoms with van der Waals surface area (Å²) in [6.07, 6.45) is 3.73. The van der Waals surface area contributed by atoms with Crippen LogP contribution >= 0.6 is 27.3 Å². The zero-order valence-electron chi connectivity index (χ0n) is 10.1. The summed E-state index contributed by atoms with van der Waals surface area (Å²) >= 11 is 5.08. The lowest BCUT2D eigenvalue weighted by molar-refractivity contribution is 0.915. The first kappa shape index (κ1) is 12.6. The van der Waals surface area contributed by atoms with Crippen molar-refractivity contribution >= 4 is 42.6 Å². The molecule has 3 nitrogen and oxygen atoms in total. The summed E-state index contributed by atoms with van der Waals surface area (Å²) in [5.74, 6) is 0. The fourth-order valence-corrected chi connectivity index (χ4v) is 3.57. The van der Waals surface area contributed by atoms with Gasteiger partial charge in [-0.1, -0.05) is 17.4 Å². The minimum Gasteiger partial charge on any atom is -0.375 e. The fraction of sp³-hybridized carbons (Fsp3) is 0.143. The van der Waals surface area contributed by atoms with Crippen LogP contribution in [0, 0.1) is 0 Å². The Balaban J connectivity index is 1.85. The minimum absolute atomic E-state index is 0.609. The average molecular weight is 334 g/mol.